The molecule has 3 nitrogen and oxygen atoms in total. The molecule has 0 saturated carbocycles. The second kappa shape index (κ2) is 3.40. The van der Waals surface area contributed by atoms with Gasteiger partial charge in [0.2, 0.25) is 0 Å². The van der Waals surface area contributed by atoms with Gasteiger partial charge in [-0.2, -0.15) is 0 Å². The number of carboxylic acids is 1. The highest BCUT2D eigenvalue weighted by atomic mass is 32.1. The number of hydrogen-bond donors (Lipinski definition) is 2. The fourth-order valence-electron chi connectivity index (χ4n) is 1.49. The molecule has 1 aromatic carbocycles. The molecular weight excluding hydrogens is 198 g/mol. The van der Waals surface area contributed by atoms with Crippen LogP contribution in [-0.4, -0.2) is 11.1 Å². The van der Waals surface area contributed by atoms with E-state index in [0.717, 1.165) is 15.6 Å². The molecule has 0 aliphatic rings. The fraction of sp³-hybridized carbons (Fsp3) is 0.100. The molecule has 4 heteroatoms. The number of aromatic carboxylic acids is 1. The maximum absolute atomic E-state index is 10.9. The van der Waals surface area contributed by atoms with Crippen LogP contribution in [0.1, 0.15) is 15.9 Å². The van der Waals surface area contributed by atoms with E-state index in [2.05, 4.69) is 0 Å². The standard InChI is InChI=1S/C10H9NO2S/c11-4-6-2-1-3-8-9(6)7(5-14-8)10(12)13/h1-3,5H,4,11H2,(H,12,13). The molecule has 1 aromatic heterocycles. The largest absolute Gasteiger partial charge is 0.478 e. The summed E-state index contributed by atoms with van der Waals surface area (Å²) < 4.78 is 0.977. The zero-order valence-corrected chi connectivity index (χ0v) is 8.17. The topological polar surface area (TPSA) is 63.3 Å². The van der Waals surface area contributed by atoms with E-state index >= 15 is 0 Å². The van der Waals surface area contributed by atoms with E-state index in [1.165, 1.54) is 11.3 Å². The number of rotatable bonds is 2. The number of thiophene rings is 1. The number of benzene rings is 1. The maximum atomic E-state index is 10.9. The van der Waals surface area contributed by atoms with Gasteiger partial charge in [0, 0.05) is 22.0 Å². The highest BCUT2D eigenvalue weighted by Gasteiger charge is 2.12. The Kier molecular flexibility index (Phi) is 2.23. The third-order valence-electron chi connectivity index (χ3n) is 2.14. The minimum Gasteiger partial charge on any atom is -0.478 e. The second-order valence-corrected chi connectivity index (χ2v) is 3.86. The van der Waals surface area contributed by atoms with Crippen molar-refractivity contribution in [2.75, 3.05) is 0 Å². The Balaban J connectivity index is 2.81. The van der Waals surface area contributed by atoms with Crippen molar-refractivity contribution in [2.24, 2.45) is 5.73 Å². The third-order valence-corrected chi connectivity index (χ3v) is 3.08. The first-order valence-electron chi connectivity index (χ1n) is 4.16. The Hall–Kier alpha value is -1.39. The van der Waals surface area contributed by atoms with Gasteiger partial charge in [-0.15, -0.1) is 11.3 Å². The van der Waals surface area contributed by atoms with Crippen LogP contribution in [0.25, 0.3) is 10.1 Å². The summed E-state index contributed by atoms with van der Waals surface area (Å²) in [7, 11) is 0. The molecule has 0 spiro atoms. The number of nitrogens with two attached hydrogens (primary N) is 1. The van der Waals surface area contributed by atoms with Gasteiger partial charge in [-0.1, -0.05) is 12.1 Å². The predicted molar refractivity (Wildman–Crippen MR) is 56.7 cm³/mol. The van der Waals surface area contributed by atoms with Crippen LogP contribution in [0.4, 0.5) is 0 Å². The van der Waals surface area contributed by atoms with Gasteiger partial charge in [0.15, 0.2) is 0 Å². The second-order valence-electron chi connectivity index (χ2n) is 2.95. The lowest BCUT2D eigenvalue weighted by Gasteiger charge is -2.00. The lowest BCUT2D eigenvalue weighted by Crippen LogP contribution is -2.00. The molecule has 0 amide bonds. The van der Waals surface area contributed by atoms with Crippen LogP contribution in [0.15, 0.2) is 23.6 Å². The molecule has 72 valence electrons. The molecule has 1 heterocycles. The summed E-state index contributed by atoms with van der Waals surface area (Å²) in [6.45, 7) is 0.369. The normalized spacial score (nSPS) is 10.6. The molecule has 3 N–H and O–H groups in total. The van der Waals surface area contributed by atoms with E-state index < -0.39 is 5.97 Å². The molecular formula is C10H9NO2S. The zero-order chi connectivity index (χ0) is 10.1. The van der Waals surface area contributed by atoms with Gasteiger partial charge in [-0.25, -0.2) is 4.79 Å². The first kappa shape index (κ1) is 9.18. The Morgan fingerprint density at radius 3 is 2.93 bits per heavy atom. The lowest BCUT2D eigenvalue weighted by molar-refractivity contribution is 0.0699. The van der Waals surface area contributed by atoms with Crippen LogP contribution in [-0.2, 0) is 6.54 Å². The summed E-state index contributed by atoms with van der Waals surface area (Å²) in [5.41, 5.74) is 6.80. The molecule has 0 bridgehead atoms. The van der Waals surface area contributed by atoms with E-state index in [0.29, 0.717) is 12.1 Å². The van der Waals surface area contributed by atoms with Gasteiger partial charge >= 0.3 is 5.97 Å². The summed E-state index contributed by atoms with van der Waals surface area (Å²) in [4.78, 5) is 10.9. The summed E-state index contributed by atoms with van der Waals surface area (Å²) in [5.74, 6) is -0.892. The average molecular weight is 207 g/mol. The van der Waals surface area contributed by atoms with E-state index in [-0.39, 0.29) is 0 Å². The number of carbonyl (C=O) groups is 1. The first-order chi connectivity index (χ1) is 6.74. The van der Waals surface area contributed by atoms with E-state index in [1.54, 1.807) is 5.38 Å². The van der Waals surface area contributed by atoms with E-state index in [1.807, 2.05) is 18.2 Å². The molecule has 0 atom stereocenters. The van der Waals surface area contributed by atoms with Gasteiger partial charge in [0.25, 0.3) is 0 Å². The molecule has 0 unspecified atom stereocenters. The molecule has 0 aliphatic heterocycles. The van der Waals surface area contributed by atoms with Gasteiger partial charge < -0.3 is 10.8 Å². The smallest absolute Gasteiger partial charge is 0.337 e. The van der Waals surface area contributed by atoms with Crippen LogP contribution >= 0.6 is 11.3 Å². The van der Waals surface area contributed by atoms with Crippen molar-refractivity contribution in [3.05, 3.63) is 34.7 Å². The fourth-order valence-corrected chi connectivity index (χ4v) is 2.47. The van der Waals surface area contributed by atoms with E-state index in [9.17, 15) is 4.79 Å². The summed E-state index contributed by atoms with van der Waals surface area (Å²) >= 11 is 1.44. The van der Waals surface area contributed by atoms with Crippen molar-refractivity contribution in [3.8, 4) is 0 Å². The Morgan fingerprint density at radius 1 is 1.50 bits per heavy atom. The molecule has 0 saturated heterocycles. The molecule has 0 aliphatic carbocycles. The van der Waals surface area contributed by atoms with Crippen LogP contribution in [0.2, 0.25) is 0 Å². The highest BCUT2D eigenvalue weighted by Crippen LogP contribution is 2.28. The van der Waals surface area contributed by atoms with Gasteiger partial charge in [-0.3, -0.25) is 0 Å². The van der Waals surface area contributed by atoms with Crippen molar-refractivity contribution in [2.45, 2.75) is 6.54 Å². The Labute approximate surface area is 84.8 Å². The number of carboxylic acid groups (broad SMARTS) is 1. The van der Waals surface area contributed by atoms with Crippen molar-refractivity contribution in [1.82, 2.24) is 0 Å². The monoisotopic (exact) mass is 207 g/mol. The summed E-state index contributed by atoms with van der Waals surface area (Å²) in [6, 6.07) is 5.67. The van der Waals surface area contributed by atoms with Gasteiger partial charge in [-0.05, 0) is 11.6 Å². The van der Waals surface area contributed by atoms with Crippen LogP contribution in [0.3, 0.4) is 0 Å². The quantitative estimate of drug-likeness (QED) is 0.792. The Bertz CT molecular complexity index is 490. The minimum atomic E-state index is -0.892. The minimum absolute atomic E-state index is 0.353. The SMILES string of the molecule is NCc1cccc2scc(C(=O)O)c12. The molecule has 0 radical (unpaired) electrons. The molecule has 2 aromatic rings. The molecule has 2 rings (SSSR count). The zero-order valence-electron chi connectivity index (χ0n) is 7.36. The Morgan fingerprint density at radius 2 is 2.29 bits per heavy atom. The summed E-state index contributed by atoms with van der Waals surface area (Å²) in [5, 5.41) is 11.4. The van der Waals surface area contributed by atoms with Crippen LogP contribution in [0, 0.1) is 0 Å². The number of fused-ring (bicyclic) bond motifs is 1. The first-order valence-corrected chi connectivity index (χ1v) is 5.04. The van der Waals surface area contributed by atoms with Gasteiger partial charge in [0.05, 0.1) is 5.56 Å². The average Bonchev–Trinajstić information content (AvgIpc) is 2.60. The predicted octanol–water partition coefficient (Wildman–Crippen LogP) is 2.06. The van der Waals surface area contributed by atoms with Crippen molar-refractivity contribution < 1.29 is 9.90 Å². The van der Waals surface area contributed by atoms with Gasteiger partial charge in [0.1, 0.15) is 0 Å². The molecule has 0 fully saturated rings. The third kappa shape index (κ3) is 1.29. The maximum Gasteiger partial charge on any atom is 0.337 e. The van der Waals surface area contributed by atoms with Crippen LogP contribution in [0.5, 0.6) is 0 Å². The molecule has 14 heavy (non-hydrogen) atoms. The number of hydrogen-bond acceptors (Lipinski definition) is 3. The van der Waals surface area contributed by atoms with Crippen LogP contribution < -0.4 is 5.73 Å². The highest BCUT2D eigenvalue weighted by molar-refractivity contribution is 7.17. The van der Waals surface area contributed by atoms with Crippen molar-refractivity contribution in [3.63, 3.8) is 0 Å². The van der Waals surface area contributed by atoms with E-state index in [4.69, 9.17) is 10.8 Å². The summed E-state index contributed by atoms with van der Waals surface area (Å²) in [6.07, 6.45) is 0. The lowest BCUT2D eigenvalue weighted by atomic mass is 10.1. The van der Waals surface area contributed by atoms with Crippen molar-refractivity contribution >= 4 is 27.4 Å². The van der Waals surface area contributed by atoms with Crippen molar-refractivity contribution in [1.29, 1.82) is 0 Å².